The third-order valence-corrected chi connectivity index (χ3v) is 3.48. The second-order valence-corrected chi connectivity index (χ2v) is 5.81. The summed E-state index contributed by atoms with van der Waals surface area (Å²) in [7, 11) is 3.17. The molecule has 0 spiro atoms. The van der Waals surface area contributed by atoms with Crippen molar-refractivity contribution in [1.29, 1.82) is 0 Å². The number of benzene rings is 1. The standard InChI is InChI=1S/C18H18F2N4O3/c1-24(2)18(27)15-10-12(5-7-21-15)23-16(25)6-8-22-17(26)13-4-3-11(19)9-14(13)20/h3-5,7,9-10H,6,8H2,1-2H3,(H,22,26)(H,21,23,25). The Kier molecular flexibility index (Phi) is 6.53. The van der Waals surface area contributed by atoms with E-state index in [1.54, 1.807) is 14.1 Å². The molecule has 0 bridgehead atoms. The fourth-order valence-electron chi connectivity index (χ4n) is 2.14. The van der Waals surface area contributed by atoms with Crippen LogP contribution in [-0.2, 0) is 4.79 Å². The first-order valence-electron chi connectivity index (χ1n) is 7.98. The quantitative estimate of drug-likeness (QED) is 0.805. The monoisotopic (exact) mass is 376 g/mol. The first-order valence-corrected chi connectivity index (χ1v) is 7.98. The molecule has 1 aromatic heterocycles. The predicted molar refractivity (Wildman–Crippen MR) is 94.2 cm³/mol. The molecule has 7 nitrogen and oxygen atoms in total. The van der Waals surface area contributed by atoms with Gasteiger partial charge in [0.2, 0.25) is 5.91 Å². The normalized spacial score (nSPS) is 10.2. The Morgan fingerprint density at radius 2 is 1.85 bits per heavy atom. The fourth-order valence-corrected chi connectivity index (χ4v) is 2.14. The summed E-state index contributed by atoms with van der Waals surface area (Å²) >= 11 is 0. The lowest BCUT2D eigenvalue weighted by atomic mass is 10.2. The van der Waals surface area contributed by atoms with Crippen molar-refractivity contribution in [3.8, 4) is 0 Å². The van der Waals surface area contributed by atoms with Gasteiger partial charge >= 0.3 is 0 Å². The van der Waals surface area contributed by atoms with E-state index in [4.69, 9.17) is 0 Å². The zero-order valence-corrected chi connectivity index (χ0v) is 14.8. The number of pyridine rings is 1. The Hall–Kier alpha value is -3.36. The molecule has 0 saturated heterocycles. The van der Waals surface area contributed by atoms with Crippen LogP contribution in [0.4, 0.5) is 14.5 Å². The molecule has 0 unspecified atom stereocenters. The summed E-state index contributed by atoms with van der Waals surface area (Å²) in [5.74, 6) is -3.23. The van der Waals surface area contributed by atoms with Crippen LogP contribution in [0.5, 0.6) is 0 Å². The van der Waals surface area contributed by atoms with Crippen molar-refractivity contribution in [3.05, 3.63) is 59.4 Å². The third-order valence-electron chi connectivity index (χ3n) is 3.48. The van der Waals surface area contributed by atoms with Gasteiger partial charge in [-0.15, -0.1) is 0 Å². The van der Waals surface area contributed by atoms with Gasteiger partial charge in [0, 0.05) is 45.0 Å². The summed E-state index contributed by atoms with van der Waals surface area (Å²) in [5, 5.41) is 4.97. The summed E-state index contributed by atoms with van der Waals surface area (Å²) in [4.78, 5) is 41.0. The lowest BCUT2D eigenvalue weighted by Crippen LogP contribution is -2.28. The Labute approximate surface area is 154 Å². The molecule has 0 aliphatic heterocycles. The Morgan fingerprint density at radius 3 is 2.52 bits per heavy atom. The van der Waals surface area contributed by atoms with Gasteiger partial charge in [0.15, 0.2) is 0 Å². The van der Waals surface area contributed by atoms with Crippen LogP contribution in [0.1, 0.15) is 27.3 Å². The average molecular weight is 376 g/mol. The van der Waals surface area contributed by atoms with E-state index in [2.05, 4.69) is 15.6 Å². The molecule has 1 heterocycles. The number of carbonyl (C=O) groups excluding carboxylic acids is 3. The number of amides is 3. The molecule has 1 aromatic carbocycles. The van der Waals surface area contributed by atoms with E-state index < -0.39 is 23.4 Å². The van der Waals surface area contributed by atoms with Crippen molar-refractivity contribution in [3.63, 3.8) is 0 Å². The van der Waals surface area contributed by atoms with E-state index in [0.29, 0.717) is 11.8 Å². The van der Waals surface area contributed by atoms with Crippen LogP contribution < -0.4 is 10.6 Å². The minimum Gasteiger partial charge on any atom is -0.351 e. The molecule has 3 amide bonds. The number of halogens is 2. The van der Waals surface area contributed by atoms with Gasteiger partial charge in [0.1, 0.15) is 17.3 Å². The van der Waals surface area contributed by atoms with Gasteiger partial charge < -0.3 is 15.5 Å². The highest BCUT2D eigenvalue weighted by atomic mass is 19.1. The Morgan fingerprint density at radius 1 is 1.11 bits per heavy atom. The van der Waals surface area contributed by atoms with Crippen LogP contribution in [0.3, 0.4) is 0 Å². The summed E-state index contributed by atoms with van der Waals surface area (Å²) in [5.41, 5.74) is 0.256. The first-order chi connectivity index (χ1) is 12.8. The van der Waals surface area contributed by atoms with Crippen LogP contribution in [0.15, 0.2) is 36.5 Å². The number of hydrogen-bond acceptors (Lipinski definition) is 4. The Balaban J connectivity index is 1.87. The molecule has 9 heteroatoms. The van der Waals surface area contributed by atoms with Crippen LogP contribution in [0.25, 0.3) is 0 Å². The summed E-state index contributed by atoms with van der Waals surface area (Å²) in [6.45, 7) is -0.0456. The minimum atomic E-state index is -0.980. The molecular weight excluding hydrogens is 358 g/mol. The van der Waals surface area contributed by atoms with E-state index in [1.165, 1.54) is 23.2 Å². The fraction of sp³-hybridized carbons (Fsp3) is 0.222. The molecule has 2 aromatic rings. The van der Waals surface area contributed by atoms with Crippen LogP contribution in [-0.4, -0.2) is 48.2 Å². The molecule has 0 radical (unpaired) electrons. The van der Waals surface area contributed by atoms with Crippen molar-refractivity contribution in [2.24, 2.45) is 0 Å². The van der Waals surface area contributed by atoms with Crippen LogP contribution in [0.2, 0.25) is 0 Å². The zero-order valence-electron chi connectivity index (χ0n) is 14.8. The van der Waals surface area contributed by atoms with Crippen molar-refractivity contribution in [2.45, 2.75) is 6.42 Å². The number of aromatic nitrogens is 1. The maximum absolute atomic E-state index is 13.5. The topological polar surface area (TPSA) is 91.4 Å². The van der Waals surface area contributed by atoms with Crippen LogP contribution >= 0.6 is 0 Å². The molecule has 0 atom stereocenters. The first kappa shape index (κ1) is 20.0. The van der Waals surface area contributed by atoms with Crippen molar-refractivity contribution in [2.75, 3.05) is 26.0 Å². The summed E-state index contributed by atoms with van der Waals surface area (Å²) in [6, 6.07) is 5.57. The zero-order chi connectivity index (χ0) is 20.0. The maximum atomic E-state index is 13.5. The largest absolute Gasteiger partial charge is 0.351 e. The third kappa shape index (κ3) is 5.56. The van der Waals surface area contributed by atoms with E-state index in [0.717, 1.165) is 12.1 Å². The second kappa shape index (κ2) is 8.84. The summed E-state index contributed by atoms with van der Waals surface area (Å²) in [6.07, 6.45) is 1.32. The lowest BCUT2D eigenvalue weighted by Gasteiger charge is -2.11. The van der Waals surface area contributed by atoms with E-state index in [1.807, 2.05) is 0 Å². The SMILES string of the molecule is CN(C)C(=O)c1cc(NC(=O)CCNC(=O)c2ccc(F)cc2F)ccn1. The highest BCUT2D eigenvalue weighted by Gasteiger charge is 2.13. The van der Waals surface area contributed by atoms with Gasteiger partial charge in [-0.05, 0) is 24.3 Å². The van der Waals surface area contributed by atoms with Gasteiger partial charge in [0.25, 0.3) is 11.8 Å². The Bertz CT molecular complexity index is 871. The second-order valence-electron chi connectivity index (χ2n) is 5.81. The molecule has 27 heavy (non-hydrogen) atoms. The van der Waals surface area contributed by atoms with Gasteiger partial charge in [0.05, 0.1) is 5.56 Å². The highest BCUT2D eigenvalue weighted by molar-refractivity contribution is 5.96. The molecule has 2 rings (SSSR count). The molecular formula is C18H18F2N4O3. The molecule has 0 fully saturated rings. The van der Waals surface area contributed by atoms with Crippen LogP contribution in [0, 0.1) is 11.6 Å². The predicted octanol–water partition coefficient (Wildman–Crippen LogP) is 1.82. The highest BCUT2D eigenvalue weighted by Crippen LogP contribution is 2.11. The molecule has 0 aliphatic carbocycles. The molecule has 0 saturated carbocycles. The number of nitrogens with zero attached hydrogens (tertiary/aromatic N) is 2. The van der Waals surface area contributed by atoms with Gasteiger partial charge in [-0.3, -0.25) is 19.4 Å². The van der Waals surface area contributed by atoms with Gasteiger partial charge in [-0.2, -0.15) is 0 Å². The number of carbonyl (C=O) groups is 3. The van der Waals surface area contributed by atoms with E-state index >= 15 is 0 Å². The van der Waals surface area contributed by atoms with Gasteiger partial charge in [-0.25, -0.2) is 8.78 Å². The van der Waals surface area contributed by atoms with E-state index in [-0.39, 0.29) is 30.1 Å². The number of hydrogen-bond donors (Lipinski definition) is 2. The smallest absolute Gasteiger partial charge is 0.272 e. The summed E-state index contributed by atoms with van der Waals surface area (Å²) < 4.78 is 26.4. The number of rotatable bonds is 6. The van der Waals surface area contributed by atoms with Crippen molar-refractivity contribution in [1.82, 2.24) is 15.2 Å². The molecule has 2 N–H and O–H groups in total. The van der Waals surface area contributed by atoms with E-state index in [9.17, 15) is 23.2 Å². The molecule has 0 aliphatic rings. The lowest BCUT2D eigenvalue weighted by molar-refractivity contribution is -0.116. The number of anilines is 1. The molecule has 142 valence electrons. The van der Waals surface area contributed by atoms with Gasteiger partial charge in [-0.1, -0.05) is 0 Å². The van der Waals surface area contributed by atoms with Crippen molar-refractivity contribution < 1.29 is 23.2 Å². The van der Waals surface area contributed by atoms with Crippen molar-refractivity contribution >= 4 is 23.4 Å². The average Bonchev–Trinajstić information content (AvgIpc) is 2.61. The number of nitrogens with one attached hydrogen (secondary N) is 2. The minimum absolute atomic E-state index is 0.0456. The maximum Gasteiger partial charge on any atom is 0.272 e.